The van der Waals surface area contributed by atoms with Crippen molar-refractivity contribution in [2.75, 3.05) is 33.0 Å². The fourth-order valence-corrected chi connectivity index (χ4v) is 3.64. The number of methoxy groups -OCH3 is 1. The van der Waals surface area contributed by atoms with E-state index in [-0.39, 0.29) is 5.56 Å². The van der Waals surface area contributed by atoms with E-state index in [0.717, 1.165) is 19.2 Å². The maximum Gasteiger partial charge on any atom is 0.224 e. The van der Waals surface area contributed by atoms with Gasteiger partial charge >= 0.3 is 0 Å². The zero-order valence-electron chi connectivity index (χ0n) is 15.6. The van der Waals surface area contributed by atoms with Crippen LogP contribution >= 0.6 is 0 Å². The minimum atomic E-state index is -1.09. The van der Waals surface area contributed by atoms with Crippen LogP contribution in [0.5, 0.6) is 5.75 Å². The van der Waals surface area contributed by atoms with E-state index < -0.39 is 23.2 Å². The summed E-state index contributed by atoms with van der Waals surface area (Å²) < 4.78 is 35.3. The van der Waals surface area contributed by atoms with E-state index in [1.165, 1.54) is 13.3 Å². The number of likely N-dealkylation sites (tertiary alicyclic amines) is 1. The number of nitrogens with zero attached hydrogens (tertiary/aromatic N) is 4. The lowest BCUT2D eigenvalue weighted by molar-refractivity contribution is -0.0222. The van der Waals surface area contributed by atoms with Crippen molar-refractivity contribution in [3.63, 3.8) is 0 Å². The molecule has 4 rings (SSSR count). The number of aromatic nitrogens is 3. The van der Waals surface area contributed by atoms with Gasteiger partial charge in [0.25, 0.3) is 0 Å². The first-order chi connectivity index (χ1) is 13.3. The van der Waals surface area contributed by atoms with Gasteiger partial charge in [0.2, 0.25) is 5.95 Å². The fourth-order valence-electron chi connectivity index (χ4n) is 3.64. The van der Waals surface area contributed by atoms with Gasteiger partial charge in [0.05, 0.1) is 30.2 Å². The molecule has 148 valence electrons. The molecule has 28 heavy (non-hydrogen) atoms. The summed E-state index contributed by atoms with van der Waals surface area (Å²) in [5.41, 5.74) is 5.55. The Hall–Kier alpha value is -2.78. The molecule has 0 aliphatic carbocycles. The molecule has 0 amide bonds. The number of nitrogen functional groups attached to an aromatic ring is 1. The van der Waals surface area contributed by atoms with E-state index in [2.05, 4.69) is 14.9 Å². The van der Waals surface area contributed by atoms with E-state index in [9.17, 15) is 13.9 Å². The summed E-state index contributed by atoms with van der Waals surface area (Å²) in [5, 5.41) is 11.3. The third-order valence-electron chi connectivity index (χ3n) is 5.38. The summed E-state index contributed by atoms with van der Waals surface area (Å²) in [7, 11) is 3.52. The molecule has 1 aliphatic rings. The molecule has 1 fully saturated rings. The van der Waals surface area contributed by atoms with Gasteiger partial charge in [0.1, 0.15) is 11.4 Å². The molecule has 1 aliphatic heterocycles. The Morgan fingerprint density at radius 1 is 1.25 bits per heavy atom. The molecule has 0 spiro atoms. The Morgan fingerprint density at radius 2 is 1.96 bits per heavy atom. The van der Waals surface area contributed by atoms with Crippen molar-refractivity contribution in [2.24, 2.45) is 0 Å². The zero-order valence-corrected chi connectivity index (χ0v) is 15.6. The summed E-state index contributed by atoms with van der Waals surface area (Å²) in [6.45, 7) is 1.46. The predicted octanol–water partition coefficient (Wildman–Crippen LogP) is 2.18. The Labute approximate surface area is 160 Å². The number of nitrogens with two attached hydrogens (primary N) is 1. The average molecular weight is 389 g/mol. The Balaban J connectivity index is 1.89. The van der Waals surface area contributed by atoms with Crippen molar-refractivity contribution in [2.45, 2.75) is 18.4 Å². The molecule has 3 N–H and O–H groups in total. The SMILES string of the molecule is COc1cc2ncc(-c3cc(F)c(N)nc3F)n2cc1C1(O)CCN(C)CC1. The average Bonchev–Trinajstić information content (AvgIpc) is 3.09. The fraction of sp³-hybridized carbons (Fsp3) is 0.368. The number of anilines is 1. The smallest absolute Gasteiger partial charge is 0.224 e. The predicted molar refractivity (Wildman–Crippen MR) is 99.9 cm³/mol. The molecule has 0 bridgehead atoms. The first kappa shape index (κ1) is 18.6. The van der Waals surface area contributed by atoms with E-state index in [0.29, 0.717) is 35.5 Å². The largest absolute Gasteiger partial charge is 0.496 e. The minimum absolute atomic E-state index is 0.0642. The number of piperidine rings is 1. The first-order valence-electron chi connectivity index (χ1n) is 8.91. The number of aliphatic hydroxyl groups is 1. The van der Waals surface area contributed by atoms with Crippen molar-refractivity contribution >= 4 is 11.5 Å². The van der Waals surface area contributed by atoms with Crippen LogP contribution in [0.4, 0.5) is 14.6 Å². The van der Waals surface area contributed by atoms with E-state index in [1.807, 2.05) is 7.05 Å². The quantitative estimate of drug-likeness (QED) is 0.668. The van der Waals surface area contributed by atoms with Gasteiger partial charge in [-0.25, -0.2) is 9.37 Å². The molecular weight excluding hydrogens is 368 g/mol. The minimum Gasteiger partial charge on any atom is -0.496 e. The van der Waals surface area contributed by atoms with E-state index in [1.54, 1.807) is 16.7 Å². The monoisotopic (exact) mass is 389 g/mol. The molecule has 0 unspecified atom stereocenters. The lowest BCUT2D eigenvalue weighted by Gasteiger charge is -2.37. The van der Waals surface area contributed by atoms with Crippen LogP contribution in [0.3, 0.4) is 0 Å². The second kappa shape index (κ2) is 6.68. The second-order valence-corrected chi connectivity index (χ2v) is 7.16. The van der Waals surface area contributed by atoms with Crippen LogP contribution in [0.15, 0.2) is 24.5 Å². The van der Waals surface area contributed by atoms with Gasteiger partial charge in [-0.1, -0.05) is 0 Å². The maximum atomic E-state index is 14.4. The summed E-state index contributed by atoms with van der Waals surface area (Å²) in [5.74, 6) is -1.71. The normalized spacial score (nSPS) is 17.2. The number of rotatable bonds is 3. The van der Waals surface area contributed by atoms with E-state index in [4.69, 9.17) is 10.5 Å². The summed E-state index contributed by atoms with van der Waals surface area (Å²) in [6.07, 6.45) is 4.16. The molecule has 0 atom stereocenters. The van der Waals surface area contributed by atoms with Gasteiger partial charge in [0, 0.05) is 30.9 Å². The van der Waals surface area contributed by atoms with Crippen LogP contribution in [0.25, 0.3) is 16.9 Å². The third-order valence-corrected chi connectivity index (χ3v) is 5.38. The van der Waals surface area contributed by atoms with Crippen LogP contribution < -0.4 is 10.5 Å². The number of fused-ring (bicyclic) bond motifs is 1. The number of imidazole rings is 1. The Bertz CT molecular complexity index is 1040. The van der Waals surface area contributed by atoms with Crippen LogP contribution in [-0.2, 0) is 5.60 Å². The topological polar surface area (TPSA) is 88.9 Å². The molecule has 3 aromatic heterocycles. The number of halogens is 2. The molecular formula is C19H21F2N5O2. The lowest BCUT2D eigenvalue weighted by atomic mass is 9.85. The van der Waals surface area contributed by atoms with Gasteiger partial charge in [0.15, 0.2) is 11.6 Å². The van der Waals surface area contributed by atoms with Crippen molar-refractivity contribution in [1.82, 2.24) is 19.3 Å². The molecule has 4 heterocycles. The lowest BCUT2D eigenvalue weighted by Crippen LogP contribution is -2.41. The van der Waals surface area contributed by atoms with Crippen LogP contribution in [0.2, 0.25) is 0 Å². The number of ether oxygens (including phenoxy) is 1. The van der Waals surface area contributed by atoms with Crippen molar-refractivity contribution < 1.29 is 18.6 Å². The number of pyridine rings is 2. The van der Waals surface area contributed by atoms with Crippen LogP contribution in [0, 0.1) is 11.8 Å². The summed E-state index contributed by atoms with van der Waals surface area (Å²) in [4.78, 5) is 9.82. The summed E-state index contributed by atoms with van der Waals surface area (Å²) in [6, 6.07) is 2.67. The van der Waals surface area contributed by atoms with Crippen LogP contribution in [0.1, 0.15) is 18.4 Å². The maximum absolute atomic E-state index is 14.4. The molecule has 1 saturated heterocycles. The van der Waals surface area contributed by atoms with Crippen molar-refractivity contribution in [3.05, 3.63) is 41.9 Å². The summed E-state index contributed by atoms with van der Waals surface area (Å²) >= 11 is 0. The molecule has 0 aromatic carbocycles. The van der Waals surface area contributed by atoms with Gasteiger partial charge in [-0.2, -0.15) is 9.37 Å². The first-order valence-corrected chi connectivity index (χ1v) is 8.91. The highest BCUT2D eigenvalue weighted by Crippen LogP contribution is 2.39. The Morgan fingerprint density at radius 3 is 2.64 bits per heavy atom. The van der Waals surface area contributed by atoms with Crippen molar-refractivity contribution in [1.29, 1.82) is 0 Å². The molecule has 3 aromatic rings. The van der Waals surface area contributed by atoms with Gasteiger partial charge < -0.3 is 20.5 Å². The van der Waals surface area contributed by atoms with Gasteiger partial charge in [-0.3, -0.25) is 4.40 Å². The van der Waals surface area contributed by atoms with Crippen molar-refractivity contribution in [3.8, 4) is 17.0 Å². The highest BCUT2D eigenvalue weighted by atomic mass is 19.1. The third kappa shape index (κ3) is 2.96. The number of hydrogen-bond acceptors (Lipinski definition) is 6. The van der Waals surface area contributed by atoms with Crippen LogP contribution in [-0.4, -0.2) is 51.6 Å². The van der Waals surface area contributed by atoms with E-state index >= 15 is 0 Å². The Kier molecular flexibility index (Phi) is 4.43. The van der Waals surface area contributed by atoms with Gasteiger partial charge in [-0.15, -0.1) is 0 Å². The van der Waals surface area contributed by atoms with Gasteiger partial charge in [-0.05, 0) is 26.0 Å². The highest BCUT2D eigenvalue weighted by Gasteiger charge is 2.36. The standard InChI is InChI=1S/C19H21F2N5O2/c1-25-5-3-19(27,4-6-25)12-10-26-14(9-23-16(26)8-15(12)28-2)11-7-13(20)18(22)24-17(11)21/h7-10,27H,3-6H2,1-2H3,(H2,22,24). The number of hydrogen-bond donors (Lipinski definition) is 2. The molecule has 0 saturated carbocycles. The highest BCUT2D eigenvalue weighted by molar-refractivity contribution is 5.66. The molecule has 0 radical (unpaired) electrons. The molecule has 9 heteroatoms. The second-order valence-electron chi connectivity index (χ2n) is 7.16. The zero-order chi connectivity index (χ0) is 20.1. The molecule has 7 nitrogen and oxygen atoms in total.